The molecule has 1 aromatic rings. The first kappa shape index (κ1) is 20.9. The van der Waals surface area contributed by atoms with Gasteiger partial charge in [0.05, 0.1) is 17.7 Å². The third kappa shape index (κ3) is 4.44. The van der Waals surface area contributed by atoms with Crippen LogP contribution in [0, 0.1) is 0 Å². The molecule has 0 aromatic heterocycles. The van der Waals surface area contributed by atoms with Gasteiger partial charge in [0.2, 0.25) is 0 Å². The molecule has 0 radical (unpaired) electrons. The molecule has 1 atom stereocenters. The van der Waals surface area contributed by atoms with Crippen LogP contribution in [0.15, 0.2) is 16.6 Å². The van der Waals surface area contributed by atoms with Crippen LogP contribution in [0.5, 0.6) is 11.5 Å². The molecule has 5 nitrogen and oxygen atoms in total. The Morgan fingerprint density at radius 3 is 2.50 bits per heavy atom. The molecule has 0 amide bonds. The molecule has 0 aliphatic rings. The van der Waals surface area contributed by atoms with Crippen LogP contribution in [0.25, 0.3) is 0 Å². The van der Waals surface area contributed by atoms with Gasteiger partial charge in [-0.3, -0.25) is 0 Å². The summed E-state index contributed by atoms with van der Waals surface area (Å²) in [6.45, 7) is 3.15. The van der Waals surface area contributed by atoms with Crippen molar-refractivity contribution in [2.45, 2.75) is 25.8 Å². The lowest BCUT2D eigenvalue weighted by Crippen LogP contribution is -2.41. The second-order valence-corrected chi connectivity index (χ2v) is 4.96. The molecule has 0 saturated carbocycles. The topological polar surface area (TPSA) is 81.8 Å². The molecule has 0 bridgehead atoms. The highest BCUT2D eigenvalue weighted by molar-refractivity contribution is 9.10. The van der Waals surface area contributed by atoms with Gasteiger partial charge < -0.3 is 20.3 Å². The van der Waals surface area contributed by atoms with E-state index in [2.05, 4.69) is 20.7 Å². The van der Waals surface area contributed by atoms with E-state index in [0.717, 1.165) is 0 Å². The van der Waals surface area contributed by atoms with Crippen molar-refractivity contribution in [2.75, 3.05) is 13.2 Å². The van der Waals surface area contributed by atoms with E-state index in [-0.39, 0.29) is 47.2 Å². The zero-order chi connectivity index (χ0) is 16.2. The van der Waals surface area contributed by atoms with E-state index in [1.807, 2.05) is 0 Å². The predicted octanol–water partition coefficient (Wildman–Crippen LogP) is 3.17. The van der Waals surface area contributed by atoms with Gasteiger partial charge in [-0.2, -0.15) is 8.78 Å². The van der Waals surface area contributed by atoms with Crippen LogP contribution in [0.2, 0.25) is 0 Å². The number of hydrogen-bond acceptors (Lipinski definition) is 5. The second kappa shape index (κ2) is 8.50. The number of benzene rings is 1. The number of aromatic hydroxyl groups is 1. The van der Waals surface area contributed by atoms with E-state index in [9.17, 15) is 18.7 Å². The van der Waals surface area contributed by atoms with Crippen molar-refractivity contribution < 1.29 is 28.2 Å². The summed E-state index contributed by atoms with van der Waals surface area (Å²) >= 11 is 3.02. The first-order chi connectivity index (χ1) is 9.75. The highest BCUT2D eigenvalue weighted by atomic mass is 79.9. The smallest absolute Gasteiger partial charge is 0.379 e. The van der Waals surface area contributed by atoms with Crippen molar-refractivity contribution in [1.29, 1.82) is 0 Å². The van der Waals surface area contributed by atoms with E-state index in [1.54, 1.807) is 6.92 Å². The fourth-order valence-corrected chi connectivity index (χ4v) is 2.06. The Morgan fingerprint density at radius 2 is 2.00 bits per heavy atom. The molecule has 126 valence electrons. The van der Waals surface area contributed by atoms with Crippen LogP contribution in [0.3, 0.4) is 0 Å². The number of phenols is 1. The Labute approximate surface area is 141 Å². The van der Waals surface area contributed by atoms with Gasteiger partial charge in [0, 0.05) is 0 Å². The van der Waals surface area contributed by atoms with Gasteiger partial charge in [-0.1, -0.05) is 0 Å². The summed E-state index contributed by atoms with van der Waals surface area (Å²) in [5.74, 6) is -5.82. The SMILES string of the molecule is CCOC(=O)C(F)(F)[C@@H](N)c1cc(Br)c(O)c(OCC)c1.Cl. The normalized spacial score (nSPS) is 12.3. The van der Waals surface area contributed by atoms with Crippen molar-refractivity contribution in [3.05, 3.63) is 22.2 Å². The van der Waals surface area contributed by atoms with Crippen LogP contribution in [0.4, 0.5) is 8.78 Å². The maximum atomic E-state index is 13.9. The van der Waals surface area contributed by atoms with Gasteiger partial charge in [-0.15, -0.1) is 12.4 Å². The van der Waals surface area contributed by atoms with Gasteiger partial charge in [-0.25, -0.2) is 4.79 Å². The zero-order valence-corrected chi connectivity index (χ0v) is 14.3. The number of esters is 1. The highest BCUT2D eigenvalue weighted by Gasteiger charge is 2.48. The molecule has 1 aromatic carbocycles. The van der Waals surface area contributed by atoms with Crippen molar-refractivity contribution >= 4 is 34.3 Å². The Hall–Kier alpha value is -1.12. The minimum atomic E-state index is -3.89. The third-order valence-corrected chi connectivity index (χ3v) is 3.25. The predicted molar refractivity (Wildman–Crippen MR) is 82.7 cm³/mol. The van der Waals surface area contributed by atoms with Crippen molar-refractivity contribution in [3.8, 4) is 11.5 Å². The number of phenolic OH excluding ortho intramolecular Hbond substituents is 1. The largest absolute Gasteiger partial charge is 0.503 e. The number of carbonyl (C=O) groups is 1. The fourth-order valence-electron chi connectivity index (χ4n) is 1.60. The second-order valence-electron chi connectivity index (χ2n) is 4.10. The molecule has 0 fully saturated rings. The average molecular weight is 405 g/mol. The van der Waals surface area contributed by atoms with Crippen LogP contribution < -0.4 is 10.5 Å². The number of hydrogen-bond donors (Lipinski definition) is 2. The van der Waals surface area contributed by atoms with Crippen LogP contribution in [0.1, 0.15) is 25.5 Å². The Kier molecular flexibility index (Phi) is 8.06. The summed E-state index contributed by atoms with van der Waals surface area (Å²) in [5.41, 5.74) is 5.41. The summed E-state index contributed by atoms with van der Waals surface area (Å²) in [7, 11) is 0. The summed E-state index contributed by atoms with van der Waals surface area (Å²) in [6, 6.07) is 0.449. The quantitative estimate of drug-likeness (QED) is 0.712. The van der Waals surface area contributed by atoms with Crippen LogP contribution >= 0.6 is 28.3 Å². The number of alkyl halides is 2. The number of rotatable bonds is 6. The van der Waals surface area contributed by atoms with E-state index in [1.165, 1.54) is 19.1 Å². The molecule has 1 rings (SSSR count). The Bertz CT molecular complexity index is 531. The third-order valence-electron chi connectivity index (χ3n) is 2.65. The molecule has 9 heteroatoms. The minimum Gasteiger partial charge on any atom is -0.503 e. The average Bonchev–Trinajstić information content (AvgIpc) is 2.43. The molecule has 22 heavy (non-hydrogen) atoms. The molecule has 0 aliphatic heterocycles. The first-order valence-corrected chi connectivity index (χ1v) is 7.00. The summed E-state index contributed by atoms with van der Waals surface area (Å²) < 4.78 is 37.4. The van der Waals surface area contributed by atoms with E-state index in [4.69, 9.17) is 10.5 Å². The van der Waals surface area contributed by atoms with E-state index in [0.29, 0.717) is 0 Å². The molecular weight excluding hydrogens is 387 g/mol. The highest BCUT2D eigenvalue weighted by Crippen LogP contribution is 2.40. The molecule has 0 saturated heterocycles. The number of nitrogens with two attached hydrogens (primary N) is 1. The van der Waals surface area contributed by atoms with Crippen molar-refractivity contribution in [2.24, 2.45) is 5.73 Å². The number of ether oxygens (including phenoxy) is 2. The lowest BCUT2D eigenvalue weighted by Gasteiger charge is -2.22. The van der Waals surface area contributed by atoms with E-state index < -0.39 is 17.9 Å². The van der Waals surface area contributed by atoms with Gasteiger partial charge in [-0.05, 0) is 47.5 Å². The van der Waals surface area contributed by atoms with Gasteiger partial charge in [0.25, 0.3) is 0 Å². The number of halogens is 4. The molecule has 0 spiro atoms. The fraction of sp³-hybridized carbons (Fsp3) is 0.462. The molecule has 0 unspecified atom stereocenters. The first-order valence-electron chi connectivity index (χ1n) is 6.21. The Balaban J connectivity index is 0.00000441. The maximum absolute atomic E-state index is 13.9. The van der Waals surface area contributed by atoms with Gasteiger partial charge in [0.1, 0.15) is 6.04 Å². The van der Waals surface area contributed by atoms with Crippen molar-refractivity contribution in [1.82, 2.24) is 0 Å². The zero-order valence-electron chi connectivity index (χ0n) is 11.9. The molecule has 0 heterocycles. The monoisotopic (exact) mass is 403 g/mol. The number of carbonyl (C=O) groups excluding carboxylic acids is 1. The maximum Gasteiger partial charge on any atom is 0.379 e. The van der Waals surface area contributed by atoms with Gasteiger partial charge in [0.15, 0.2) is 11.5 Å². The standard InChI is InChI=1S/C13H16BrF2NO4.ClH/c1-3-20-9-6-7(5-8(14)10(9)18)11(17)13(15,16)12(19)21-4-2;/h5-6,11,18H,3-4,17H2,1-2H3;1H/t11-;/m0./s1. The lowest BCUT2D eigenvalue weighted by atomic mass is 10.0. The summed E-state index contributed by atoms with van der Waals surface area (Å²) in [6.07, 6.45) is 0. The minimum absolute atomic E-state index is 0. The summed E-state index contributed by atoms with van der Waals surface area (Å²) in [4.78, 5) is 11.3. The molecule has 0 aliphatic carbocycles. The molecule has 3 N–H and O–H groups in total. The molecular formula is C13H17BrClF2NO4. The van der Waals surface area contributed by atoms with Gasteiger partial charge >= 0.3 is 11.9 Å². The van der Waals surface area contributed by atoms with E-state index >= 15 is 0 Å². The Morgan fingerprint density at radius 1 is 1.41 bits per heavy atom. The van der Waals surface area contributed by atoms with Crippen molar-refractivity contribution in [3.63, 3.8) is 0 Å². The summed E-state index contributed by atoms with van der Waals surface area (Å²) in [5, 5.41) is 9.74. The van der Waals surface area contributed by atoms with Crippen LogP contribution in [-0.2, 0) is 9.53 Å². The lowest BCUT2D eigenvalue weighted by molar-refractivity contribution is -0.174. The van der Waals surface area contributed by atoms with Crippen LogP contribution in [-0.4, -0.2) is 30.2 Å².